The molecule has 0 bridgehead atoms. The number of rotatable bonds is 4. The van der Waals surface area contributed by atoms with Crippen LogP contribution in [-0.2, 0) is 6.42 Å². The van der Waals surface area contributed by atoms with Crippen molar-refractivity contribution >= 4 is 27.9 Å². The van der Waals surface area contributed by atoms with Crippen LogP contribution in [-0.4, -0.2) is 10.8 Å². The molecule has 4 heteroatoms. The first-order valence-corrected chi connectivity index (χ1v) is 6.40. The van der Waals surface area contributed by atoms with Gasteiger partial charge in [-0.2, -0.15) is 0 Å². The van der Waals surface area contributed by atoms with Crippen molar-refractivity contribution in [1.29, 1.82) is 0 Å². The predicted molar refractivity (Wildman–Crippen MR) is 71.2 cm³/mol. The second kappa shape index (κ2) is 5.10. The number of aromatic nitrogens is 1. The predicted octanol–water partition coefficient (Wildman–Crippen LogP) is 3.65. The summed E-state index contributed by atoms with van der Waals surface area (Å²) in [7, 11) is 0. The molecule has 2 rings (SSSR count). The Kier molecular flexibility index (Phi) is 3.54. The zero-order valence-electron chi connectivity index (χ0n) is 9.86. The summed E-state index contributed by atoms with van der Waals surface area (Å²) in [5.74, 6) is -0.00178. The molecule has 0 fully saturated rings. The van der Waals surface area contributed by atoms with Gasteiger partial charge in [-0.3, -0.25) is 4.79 Å². The van der Waals surface area contributed by atoms with Gasteiger partial charge in [0.15, 0.2) is 10.9 Å². The van der Waals surface area contributed by atoms with Crippen molar-refractivity contribution in [2.75, 3.05) is 5.32 Å². The van der Waals surface area contributed by atoms with Crippen LogP contribution >= 0.6 is 11.3 Å². The lowest BCUT2D eigenvalue weighted by atomic mass is 10.1. The number of anilines is 2. The van der Waals surface area contributed by atoms with Crippen molar-refractivity contribution in [3.8, 4) is 0 Å². The van der Waals surface area contributed by atoms with Gasteiger partial charge in [-0.25, -0.2) is 4.98 Å². The number of nitrogens with zero attached hydrogens (tertiary/aromatic N) is 1. The van der Waals surface area contributed by atoms with Crippen LogP contribution in [0.15, 0.2) is 29.6 Å². The number of hydrogen-bond acceptors (Lipinski definition) is 4. The van der Waals surface area contributed by atoms with Crippen molar-refractivity contribution in [3.63, 3.8) is 0 Å². The highest BCUT2D eigenvalue weighted by Gasteiger charge is 2.07. The fourth-order valence-corrected chi connectivity index (χ4v) is 2.32. The molecule has 2 aromatic rings. The van der Waals surface area contributed by atoms with Gasteiger partial charge in [0.05, 0.1) is 0 Å². The van der Waals surface area contributed by atoms with Gasteiger partial charge in [0.2, 0.25) is 0 Å². The minimum absolute atomic E-state index is 0.00178. The molecule has 0 aliphatic heterocycles. The van der Waals surface area contributed by atoms with Crippen LogP contribution < -0.4 is 5.32 Å². The molecule has 0 aliphatic carbocycles. The van der Waals surface area contributed by atoms with E-state index in [2.05, 4.69) is 23.3 Å². The van der Waals surface area contributed by atoms with E-state index >= 15 is 0 Å². The molecule has 1 aromatic carbocycles. The molecular formula is C13H14N2OS. The fourth-order valence-electron chi connectivity index (χ4n) is 1.56. The maximum absolute atomic E-state index is 11.2. The van der Waals surface area contributed by atoms with Crippen molar-refractivity contribution in [3.05, 3.63) is 40.9 Å². The van der Waals surface area contributed by atoms with Gasteiger partial charge < -0.3 is 5.32 Å². The normalized spacial score (nSPS) is 10.2. The Bertz CT molecular complexity index is 534. The minimum Gasteiger partial charge on any atom is -0.331 e. The third-order valence-electron chi connectivity index (χ3n) is 2.50. The molecule has 0 unspecified atom stereocenters. The summed E-state index contributed by atoms with van der Waals surface area (Å²) < 4.78 is 0. The first-order chi connectivity index (χ1) is 8.20. The molecule has 88 valence electrons. The van der Waals surface area contributed by atoms with E-state index in [9.17, 15) is 4.79 Å². The van der Waals surface area contributed by atoms with E-state index in [1.165, 1.54) is 23.8 Å². The first-order valence-electron chi connectivity index (χ1n) is 5.52. The molecule has 0 atom stereocenters. The molecule has 1 heterocycles. The van der Waals surface area contributed by atoms with Gasteiger partial charge in [-0.05, 0) is 18.1 Å². The van der Waals surface area contributed by atoms with Crippen LogP contribution in [0.2, 0.25) is 0 Å². The third-order valence-corrected chi connectivity index (χ3v) is 3.26. The lowest BCUT2D eigenvalue weighted by Crippen LogP contribution is -1.96. The van der Waals surface area contributed by atoms with Crippen LogP contribution in [0.3, 0.4) is 0 Å². The maximum atomic E-state index is 11.2. The SMILES string of the molecule is CCc1ccccc1Nc1nc(C(C)=O)cs1. The zero-order valence-corrected chi connectivity index (χ0v) is 10.7. The lowest BCUT2D eigenvalue weighted by molar-refractivity contribution is 0.101. The quantitative estimate of drug-likeness (QED) is 0.837. The number of hydrogen-bond donors (Lipinski definition) is 1. The van der Waals surface area contributed by atoms with Gasteiger partial charge in [-0.15, -0.1) is 11.3 Å². The smallest absolute Gasteiger partial charge is 0.187 e. The molecule has 0 saturated heterocycles. The molecule has 0 amide bonds. The topological polar surface area (TPSA) is 42.0 Å². The Labute approximate surface area is 105 Å². The third kappa shape index (κ3) is 2.71. The van der Waals surface area contributed by atoms with Crippen LogP contribution in [0.4, 0.5) is 10.8 Å². The summed E-state index contributed by atoms with van der Waals surface area (Å²) in [4.78, 5) is 15.4. The number of aryl methyl sites for hydroxylation is 1. The van der Waals surface area contributed by atoms with Crippen molar-refractivity contribution in [1.82, 2.24) is 4.98 Å². The van der Waals surface area contributed by atoms with Crippen LogP contribution in [0, 0.1) is 0 Å². The Morgan fingerprint density at radius 3 is 2.82 bits per heavy atom. The number of thiazole rings is 1. The van der Waals surface area contributed by atoms with Gasteiger partial charge >= 0.3 is 0 Å². The molecule has 0 aliphatic rings. The average molecular weight is 246 g/mol. The summed E-state index contributed by atoms with van der Waals surface area (Å²) in [5, 5.41) is 5.79. The van der Waals surface area contributed by atoms with Crippen molar-refractivity contribution in [2.45, 2.75) is 20.3 Å². The summed E-state index contributed by atoms with van der Waals surface area (Å²) in [5.41, 5.74) is 2.82. The minimum atomic E-state index is -0.00178. The van der Waals surface area contributed by atoms with Gasteiger partial charge in [0, 0.05) is 18.0 Å². The van der Waals surface area contributed by atoms with E-state index < -0.39 is 0 Å². The van der Waals surface area contributed by atoms with E-state index in [0.717, 1.165) is 17.2 Å². The Morgan fingerprint density at radius 2 is 2.18 bits per heavy atom. The number of carbonyl (C=O) groups is 1. The van der Waals surface area contributed by atoms with Gasteiger partial charge in [-0.1, -0.05) is 25.1 Å². The summed E-state index contributed by atoms with van der Waals surface area (Å²) in [6.07, 6.45) is 0.966. The largest absolute Gasteiger partial charge is 0.331 e. The van der Waals surface area contributed by atoms with E-state index in [1.807, 2.05) is 18.2 Å². The number of carbonyl (C=O) groups excluding carboxylic acids is 1. The molecule has 0 saturated carbocycles. The number of para-hydroxylation sites is 1. The van der Waals surface area contributed by atoms with E-state index in [1.54, 1.807) is 5.38 Å². The molecule has 17 heavy (non-hydrogen) atoms. The highest BCUT2D eigenvalue weighted by atomic mass is 32.1. The van der Waals surface area contributed by atoms with Gasteiger partial charge in [0.1, 0.15) is 5.69 Å². The van der Waals surface area contributed by atoms with Crippen LogP contribution in [0.5, 0.6) is 0 Å². The van der Waals surface area contributed by atoms with E-state index in [0.29, 0.717) is 5.69 Å². The number of benzene rings is 1. The zero-order chi connectivity index (χ0) is 12.3. The number of Topliss-reactive ketones (excluding diaryl/α,β-unsaturated/α-hetero) is 1. The monoisotopic (exact) mass is 246 g/mol. The second-order valence-corrected chi connectivity index (χ2v) is 4.59. The van der Waals surface area contributed by atoms with E-state index in [-0.39, 0.29) is 5.78 Å². The average Bonchev–Trinajstić information content (AvgIpc) is 2.78. The molecular weight excluding hydrogens is 232 g/mol. The molecule has 0 radical (unpaired) electrons. The second-order valence-electron chi connectivity index (χ2n) is 3.73. The molecule has 1 aromatic heterocycles. The Balaban J connectivity index is 2.22. The Hall–Kier alpha value is -1.68. The van der Waals surface area contributed by atoms with E-state index in [4.69, 9.17) is 0 Å². The molecule has 1 N–H and O–H groups in total. The van der Waals surface area contributed by atoms with Crippen molar-refractivity contribution < 1.29 is 4.79 Å². The first kappa shape index (κ1) is 11.8. The summed E-state index contributed by atoms with van der Waals surface area (Å²) in [6.45, 7) is 3.64. The van der Waals surface area contributed by atoms with Gasteiger partial charge in [0.25, 0.3) is 0 Å². The number of ketones is 1. The van der Waals surface area contributed by atoms with Crippen molar-refractivity contribution in [2.24, 2.45) is 0 Å². The molecule has 3 nitrogen and oxygen atoms in total. The maximum Gasteiger partial charge on any atom is 0.187 e. The lowest BCUT2D eigenvalue weighted by Gasteiger charge is -2.07. The Morgan fingerprint density at radius 1 is 1.41 bits per heavy atom. The fraction of sp³-hybridized carbons (Fsp3) is 0.231. The number of nitrogens with one attached hydrogen (secondary N) is 1. The standard InChI is InChI=1S/C13H14N2OS/c1-3-10-6-4-5-7-11(10)14-13-15-12(8-17-13)9(2)16/h4-8H,3H2,1-2H3,(H,14,15). The molecule has 0 spiro atoms. The van der Waals surface area contributed by atoms with Crippen LogP contribution in [0.25, 0.3) is 0 Å². The summed E-state index contributed by atoms with van der Waals surface area (Å²) >= 11 is 1.45. The highest BCUT2D eigenvalue weighted by molar-refractivity contribution is 7.14. The summed E-state index contributed by atoms with van der Waals surface area (Å²) in [6, 6.07) is 8.11. The highest BCUT2D eigenvalue weighted by Crippen LogP contribution is 2.24. The van der Waals surface area contributed by atoms with Crippen LogP contribution in [0.1, 0.15) is 29.9 Å².